The van der Waals surface area contributed by atoms with Crippen LogP contribution in [0.2, 0.25) is 0 Å². The normalized spacial score (nSPS) is 29.7. The monoisotopic (exact) mass is 563 g/mol. The van der Waals surface area contributed by atoms with E-state index in [-0.39, 0.29) is 30.4 Å². The van der Waals surface area contributed by atoms with Crippen LogP contribution >= 0.6 is 0 Å². The summed E-state index contributed by atoms with van der Waals surface area (Å²) in [6, 6.07) is 7.77. The minimum Gasteiger partial charge on any atom is -0.394 e. The number of hydrogen-bond acceptors (Lipinski definition) is 5. The molecule has 8 nitrogen and oxygen atoms in total. The van der Waals surface area contributed by atoms with Gasteiger partial charge in [0.25, 0.3) is 0 Å². The summed E-state index contributed by atoms with van der Waals surface area (Å²) in [6.07, 6.45) is 10.1. The van der Waals surface area contributed by atoms with Gasteiger partial charge in [0.15, 0.2) is 0 Å². The van der Waals surface area contributed by atoms with Crippen molar-refractivity contribution in [3.8, 4) is 0 Å². The molecule has 3 saturated heterocycles. The largest absolute Gasteiger partial charge is 0.394 e. The second-order valence-electron chi connectivity index (χ2n) is 12.1. The molecule has 1 aromatic rings. The summed E-state index contributed by atoms with van der Waals surface area (Å²) in [5.74, 6) is -1.99. The lowest BCUT2D eigenvalue weighted by Gasteiger charge is -2.42. The molecule has 3 heterocycles. The van der Waals surface area contributed by atoms with Crippen LogP contribution in [0.5, 0.6) is 0 Å². The molecule has 0 radical (unpaired) electrons. The molecule has 1 aliphatic carbocycles. The first-order chi connectivity index (χ1) is 19.9. The van der Waals surface area contributed by atoms with Gasteiger partial charge in [0.2, 0.25) is 17.7 Å². The molecule has 3 aliphatic heterocycles. The molecule has 0 aromatic heterocycles. The lowest BCUT2D eigenvalue weighted by atomic mass is 9.70. The van der Waals surface area contributed by atoms with Gasteiger partial charge in [-0.25, -0.2) is 0 Å². The van der Waals surface area contributed by atoms with Gasteiger partial charge in [-0.2, -0.15) is 0 Å². The summed E-state index contributed by atoms with van der Waals surface area (Å²) in [4.78, 5) is 48.7. The van der Waals surface area contributed by atoms with Crippen LogP contribution in [-0.2, 0) is 19.1 Å². The number of rotatable bonds is 12. The summed E-state index contributed by atoms with van der Waals surface area (Å²) >= 11 is 0. The van der Waals surface area contributed by atoms with Crippen molar-refractivity contribution in [3.63, 3.8) is 0 Å². The number of nitrogens with zero attached hydrogens (tertiary/aromatic N) is 3. The Bertz CT molecular complexity index is 1130. The maximum Gasteiger partial charge on any atom is 0.248 e. The average molecular weight is 564 g/mol. The Labute approximate surface area is 244 Å². The number of aliphatic hydroxyl groups excluding tert-OH is 1. The van der Waals surface area contributed by atoms with E-state index in [1.54, 1.807) is 22.0 Å². The summed E-state index contributed by atoms with van der Waals surface area (Å²) in [5.41, 5.74) is -0.358. The molecular weight excluding hydrogens is 518 g/mol. The third kappa shape index (κ3) is 5.03. The Morgan fingerprint density at radius 3 is 2.44 bits per heavy atom. The van der Waals surface area contributed by atoms with Crippen LogP contribution in [0.4, 0.5) is 0 Å². The molecule has 1 aromatic carbocycles. The van der Waals surface area contributed by atoms with E-state index >= 15 is 0 Å². The van der Waals surface area contributed by atoms with E-state index in [2.05, 4.69) is 13.2 Å². The highest BCUT2D eigenvalue weighted by Crippen LogP contribution is 2.60. The molecule has 1 N–H and O–H groups in total. The smallest absolute Gasteiger partial charge is 0.248 e. The first-order valence-electron chi connectivity index (χ1n) is 15.4. The average Bonchev–Trinajstić information content (AvgIpc) is 3.64. The highest BCUT2D eigenvalue weighted by Gasteiger charge is 2.75. The van der Waals surface area contributed by atoms with Crippen LogP contribution in [0.25, 0.3) is 0 Å². The molecule has 2 unspecified atom stereocenters. The predicted octanol–water partition coefficient (Wildman–Crippen LogP) is 3.87. The Morgan fingerprint density at radius 2 is 1.80 bits per heavy atom. The summed E-state index contributed by atoms with van der Waals surface area (Å²) in [7, 11) is 0. The quantitative estimate of drug-likeness (QED) is 0.390. The standard InChI is InChI=1S/C33H45N3O5/c1-4-19-34(20-5-2)30(38)27-26-17-18-33(41-26)28(27)31(39)36(25(22-37)23-13-9-7-10-14-23)29(33)32(40)35(21-6-3)24-15-11-8-12-16-24/h4,6-7,9-10,13-14,24-29,37H,1,3,5,8,11-12,15-22H2,2H3/t25-,26-,27+,28+,29?,33?/m1/s1. The van der Waals surface area contributed by atoms with Gasteiger partial charge in [-0.15, -0.1) is 13.2 Å². The van der Waals surface area contributed by atoms with Crippen molar-refractivity contribution in [1.82, 2.24) is 14.7 Å². The van der Waals surface area contributed by atoms with Gasteiger partial charge in [-0.3, -0.25) is 14.4 Å². The van der Waals surface area contributed by atoms with Gasteiger partial charge in [-0.1, -0.05) is 68.7 Å². The third-order valence-corrected chi connectivity index (χ3v) is 9.73. The minimum atomic E-state index is -1.11. The van der Waals surface area contributed by atoms with Gasteiger partial charge < -0.3 is 24.5 Å². The van der Waals surface area contributed by atoms with E-state index in [9.17, 15) is 19.5 Å². The van der Waals surface area contributed by atoms with Crippen LogP contribution < -0.4 is 0 Å². The Morgan fingerprint density at radius 1 is 1.10 bits per heavy atom. The van der Waals surface area contributed by atoms with E-state index in [0.29, 0.717) is 32.5 Å². The van der Waals surface area contributed by atoms with Gasteiger partial charge in [-0.05, 0) is 37.7 Å². The number of hydrogen-bond donors (Lipinski definition) is 1. The van der Waals surface area contributed by atoms with Crippen LogP contribution in [0, 0.1) is 11.8 Å². The molecule has 5 rings (SSSR count). The van der Waals surface area contributed by atoms with E-state index in [4.69, 9.17) is 4.74 Å². The zero-order valence-corrected chi connectivity index (χ0v) is 24.3. The Kier molecular flexibility index (Phi) is 9.00. The van der Waals surface area contributed by atoms with Crippen molar-refractivity contribution < 1.29 is 24.2 Å². The number of aliphatic hydroxyl groups is 1. The second-order valence-corrected chi connectivity index (χ2v) is 12.1. The molecule has 4 aliphatic rings. The zero-order chi connectivity index (χ0) is 29.1. The van der Waals surface area contributed by atoms with Crippen molar-refractivity contribution >= 4 is 17.7 Å². The van der Waals surface area contributed by atoms with Crippen molar-refractivity contribution in [2.24, 2.45) is 11.8 Å². The fourth-order valence-electron chi connectivity index (χ4n) is 8.05. The van der Waals surface area contributed by atoms with Crippen LogP contribution in [0.1, 0.15) is 69.9 Å². The van der Waals surface area contributed by atoms with Crippen LogP contribution in [0.3, 0.4) is 0 Å². The fraction of sp³-hybridized carbons (Fsp3) is 0.606. The van der Waals surface area contributed by atoms with Crippen molar-refractivity contribution in [2.45, 2.75) is 88.1 Å². The molecule has 8 heteroatoms. The number of likely N-dealkylation sites (tertiary alicyclic amines) is 1. The highest BCUT2D eigenvalue weighted by atomic mass is 16.5. The summed E-state index contributed by atoms with van der Waals surface area (Å²) in [6.45, 7) is 10.8. The molecule has 1 saturated carbocycles. The number of benzene rings is 1. The van der Waals surface area contributed by atoms with E-state index in [1.807, 2.05) is 42.2 Å². The number of ether oxygens (including phenoxy) is 1. The van der Waals surface area contributed by atoms with Crippen molar-refractivity contribution in [3.05, 3.63) is 61.2 Å². The Balaban J connectivity index is 1.60. The van der Waals surface area contributed by atoms with Crippen molar-refractivity contribution in [1.29, 1.82) is 0 Å². The third-order valence-electron chi connectivity index (χ3n) is 9.73. The van der Waals surface area contributed by atoms with Crippen molar-refractivity contribution in [2.75, 3.05) is 26.2 Å². The van der Waals surface area contributed by atoms with E-state index in [0.717, 1.165) is 44.1 Å². The molecule has 222 valence electrons. The molecular formula is C33H45N3O5. The van der Waals surface area contributed by atoms with E-state index < -0.39 is 35.6 Å². The first-order valence-corrected chi connectivity index (χ1v) is 15.4. The SMILES string of the molecule is C=CCN(CCC)C(=O)[C@@H]1[C@H]2C(=O)N([C@H](CO)c3ccccc3)C(C(=O)N(CC=C)C3CCCCC3)C23CC[C@H]1O3. The zero-order valence-electron chi connectivity index (χ0n) is 24.3. The first kappa shape index (κ1) is 29.5. The molecule has 4 fully saturated rings. The summed E-state index contributed by atoms with van der Waals surface area (Å²) < 4.78 is 6.71. The maximum atomic E-state index is 14.8. The topological polar surface area (TPSA) is 90.4 Å². The Hall–Kier alpha value is -2.97. The molecule has 41 heavy (non-hydrogen) atoms. The highest BCUT2D eigenvalue weighted by molar-refractivity contribution is 5.99. The number of carbonyl (C=O) groups excluding carboxylic acids is 3. The fourth-order valence-corrected chi connectivity index (χ4v) is 8.05. The predicted molar refractivity (Wildman–Crippen MR) is 157 cm³/mol. The minimum absolute atomic E-state index is 0.0645. The van der Waals surface area contributed by atoms with Gasteiger partial charge in [0, 0.05) is 25.7 Å². The molecule has 6 atom stereocenters. The van der Waals surface area contributed by atoms with Crippen LogP contribution in [-0.4, -0.2) is 87.6 Å². The van der Waals surface area contributed by atoms with Crippen LogP contribution in [0.15, 0.2) is 55.6 Å². The number of fused-ring (bicyclic) bond motifs is 1. The molecule has 3 amide bonds. The number of amides is 3. The molecule has 1 spiro atoms. The molecule has 2 bridgehead atoms. The van der Waals surface area contributed by atoms with Gasteiger partial charge in [0.05, 0.1) is 30.6 Å². The lowest BCUT2D eigenvalue weighted by molar-refractivity contribution is -0.153. The lowest BCUT2D eigenvalue weighted by Crippen LogP contribution is -2.59. The summed E-state index contributed by atoms with van der Waals surface area (Å²) in [5, 5.41) is 10.7. The van der Waals surface area contributed by atoms with Gasteiger partial charge >= 0.3 is 0 Å². The number of carbonyl (C=O) groups is 3. The van der Waals surface area contributed by atoms with E-state index in [1.165, 1.54) is 0 Å². The second kappa shape index (κ2) is 12.5. The van der Waals surface area contributed by atoms with Gasteiger partial charge in [0.1, 0.15) is 11.6 Å². The maximum absolute atomic E-state index is 14.8.